The van der Waals surface area contributed by atoms with E-state index in [2.05, 4.69) is 10.2 Å². The molecule has 2 heterocycles. The van der Waals surface area contributed by atoms with Gasteiger partial charge in [-0.15, -0.1) is 10.2 Å². The van der Waals surface area contributed by atoms with Crippen LogP contribution in [0.5, 0.6) is 5.75 Å². The van der Waals surface area contributed by atoms with E-state index in [4.69, 9.17) is 4.74 Å². The molecule has 0 atom stereocenters. The van der Waals surface area contributed by atoms with Crippen LogP contribution in [0.25, 0.3) is 5.69 Å². The smallest absolute Gasteiger partial charge is 0.223 e. The fourth-order valence-electron chi connectivity index (χ4n) is 3.00. The molecule has 1 amide bonds. The fourth-order valence-corrected chi connectivity index (χ4v) is 3.99. The Bertz CT molecular complexity index is 964. The molecule has 1 aliphatic heterocycles. The summed E-state index contributed by atoms with van der Waals surface area (Å²) >= 11 is 1.45. The van der Waals surface area contributed by atoms with Crippen LogP contribution in [0.1, 0.15) is 18.7 Å². The van der Waals surface area contributed by atoms with Crippen molar-refractivity contribution in [1.29, 1.82) is 0 Å². The monoisotopic (exact) mass is 398 g/mol. The predicted octanol–water partition coefficient (Wildman–Crippen LogP) is 3.66. The van der Waals surface area contributed by atoms with Gasteiger partial charge < -0.3 is 9.64 Å². The van der Waals surface area contributed by atoms with Crippen LogP contribution in [0.3, 0.4) is 0 Å². The second-order valence-corrected chi connectivity index (χ2v) is 7.24. The lowest BCUT2D eigenvalue weighted by Gasteiger charge is -2.15. The third-order valence-corrected chi connectivity index (χ3v) is 5.39. The molecule has 1 fully saturated rings. The van der Waals surface area contributed by atoms with Crippen molar-refractivity contribution in [2.24, 2.45) is 0 Å². The van der Waals surface area contributed by atoms with Crippen LogP contribution in [0.15, 0.2) is 59.8 Å². The number of aromatic nitrogens is 3. The lowest BCUT2D eigenvalue weighted by atomic mass is 10.3. The second-order valence-electron chi connectivity index (χ2n) is 6.32. The average Bonchev–Trinajstić information content (AvgIpc) is 3.32. The van der Waals surface area contributed by atoms with Crippen molar-refractivity contribution in [3.8, 4) is 11.4 Å². The van der Waals surface area contributed by atoms with Crippen LogP contribution in [0, 0.1) is 5.82 Å². The quantitative estimate of drug-likeness (QED) is 0.569. The molecule has 2 aromatic carbocycles. The van der Waals surface area contributed by atoms with E-state index in [1.54, 1.807) is 18.2 Å². The van der Waals surface area contributed by atoms with Gasteiger partial charge in [0.2, 0.25) is 5.91 Å². The van der Waals surface area contributed by atoms with Gasteiger partial charge in [0, 0.05) is 18.7 Å². The number of amides is 1. The summed E-state index contributed by atoms with van der Waals surface area (Å²) in [7, 11) is 0. The number of hydrogen-bond donors (Lipinski definition) is 0. The highest BCUT2D eigenvalue weighted by Crippen LogP contribution is 2.25. The molecule has 28 heavy (non-hydrogen) atoms. The molecule has 6 nitrogen and oxygen atoms in total. The summed E-state index contributed by atoms with van der Waals surface area (Å²) in [5.74, 6) is 1.00. The number of halogens is 1. The molecule has 0 radical (unpaired) electrons. The number of carbonyl (C=O) groups excluding carboxylic acids is 1. The molecule has 0 saturated carbocycles. The first-order chi connectivity index (χ1) is 13.7. The molecule has 8 heteroatoms. The summed E-state index contributed by atoms with van der Waals surface area (Å²) in [6, 6.07) is 15.9. The van der Waals surface area contributed by atoms with Gasteiger partial charge in [-0.25, -0.2) is 4.39 Å². The van der Waals surface area contributed by atoms with Gasteiger partial charge in [0.05, 0.1) is 5.88 Å². The summed E-state index contributed by atoms with van der Waals surface area (Å²) in [6.07, 6.45) is 1.50. The molecule has 3 aromatic rings. The Kier molecular flexibility index (Phi) is 5.57. The molecule has 0 spiro atoms. The molecular weight excluding hydrogens is 379 g/mol. The fraction of sp³-hybridized carbons (Fsp3) is 0.250. The van der Waals surface area contributed by atoms with Gasteiger partial charge in [-0.2, -0.15) is 0 Å². The molecule has 0 aliphatic carbocycles. The highest BCUT2D eigenvalue weighted by atomic mass is 32.2. The molecule has 1 saturated heterocycles. The Hall–Kier alpha value is -2.87. The zero-order valence-electron chi connectivity index (χ0n) is 15.1. The van der Waals surface area contributed by atoms with E-state index < -0.39 is 5.82 Å². The topological polar surface area (TPSA) is 60.3 Å². The first kappa shape index (κ1) is 18.5. The normalized spacial score (nSPS) is 13.9. The number of para-hydroxylation sites is 2. The van der Waals surface area contributed by atoms with Crippen LogP contribution < -0.4 is 4.74 Å². The summed E-state index contributed by atoms with van der Waals surface area (Å²) in [5, 5.41) is 9.19. The van der Waals surface area contributed by atoms with Gasteiger partial charge in [0.25, 0.3) is 0 Å². The molecule has 0 unspecified atom stereocenters. The molecule has 0 bridgehead atoms. The van der Waals surface area contributed by atoms with Crippen LogP contribution in [-0.4, -0.2) is 38.0 Å². The van der Waals surface area contributed by atoms with E-state index >= 15 is 0 Å². The van der Waals surface area contributed by atoms with Crippen molar-refractivity contribution in [1.82, 2.24) is 19.7 Å². The Balaban J connectivity index is 1.56. The minimum absolute atomic E-state index is 0.0754. The average molecular weight is 398 g/mol. The SMILES string of the molecule is O=C1CCCN1CSc1nnc(COc2ccccc2F)n1-c1ccccc1. The number of ether oxygens (including phenoxy) is 1. The summed E-state index contributed by atoms with van der Waals surface area (Å²) in [5.41, 5.74) is 0.884. The Morgan fingerprint density at radius 1 is 1.07 bits per heavy atom. The minimum Gasteiger partial charge on any atom is -0.483 e. The number of nitrogens with zero attached hydrogens (tertiary/aromatic N) is 4. The highest BCUT2D eigenvalue weighted by molar-refractivity contribution is 7.99. The van der Waals surface area contributed by atoms with Crippen LogP contribution in [0.2, 0.25) is 0 Å². The first-order valence-electron chi connectivity index (χ1n) is 9.00. The van der Waals surface area contributed by atoms with Crippen molar-refractivity contribution >= 4 is 17.7 Å². The van der Waals surface area contributed by atoms with E-state index in [1.165, 1.54) is 17.8 Å². The maximum atomic E-state index is 13.8. The van der Waals surface area contributed by atoms with Crippen molar-refractivity contribution in [3.05, 3.63) is 66.2 Å². The van der Waals surface area contributed by atoms with Gasteiger partial charge in [0.15, 0.2) is 22.5 Å². The molecular formula is C20H19FN4O2S. The highest BCUT2D eigenvalue weighted by Gasteiger charge is 2.22. The van der Waals surface area contributed by atoms with Crippen molar-refractivity contribution in [3.63, 3.8) is 0 Å². The van der Waals surface area contributed by atoms with Crippen LogP contribution in [0.4, 0.5) is 4.39 Å². The van der Waals surface area contributed by atoms with E-state index in [9.17, 15) is 9.18 Å². The maximum absolute atomic E-state index is 13.8. The summed E-state index contributed by atoms with van der Waals surface area (Å²) in [6.45, 7) is 0.848. The number of hydrogen-bond acceptors (Lipinski definition) is 5. The standard InChI is InChI=1S/C20H19FN4O2S/c21-16-9-4-5-10-17(16)27-13-18-22-23-20(25(18)15-7-2-1-3-8-15)28-14-24-12-6-11-19(24)26/h1-5,7-10H,6,11-14H2. The number of thioether (sulfide) groups is 1. The summed E-state index contributed by atoms with van der Waals surface area (Å²) < 4.78 is 21.3. The molecule has 144 valence electrons. The van der Waals surface area contributed by atoms with Crippen molar-refractivity contribution < 1.29 is 13.9 Å². The van der Waals surface area contributed by atoms with Gasteiger partial charge in [0.1, 0.15) is 6.61 Å². The largest absolute Gasteiger partial charge is 0.483 e. The predicted molar refractivity (Wildman–Crippen MR) is 104 cm³/mol. The van der Waals surface area contributed by atoms with Gasteiger partial charge >= 0.3 is 0 Å². The van der Waals surface area contributed by atoms with Crippen LogP contribution in [-0.2, 0) is 11.4 Å². The molecule has 4 rings (SSSR count). The second kappa shape index (κ2) is 8.43. The lowest BCUT2D eigenvalue weighted by molar-refractivity contribution is -0.126. The first-order valence-corrected chi connectivity index (χ1v) is 9.98. The molecule has 1 aromatic heterocycles. The van der Waals surface area contributed by atoms with Crippen LogP contribution >= 0.6 is 11.8 Å². The number of benzene rings is 2. The minimum atomic E-state index is -0.421. The third-order valence-electron chi connectivity index (χ3n) is 4.43. The summed E-state index contributed by atoms with van der Waals surface area (Å²) in [4.78, 5) is 13.7. The van der Waals surface area contributed by atoms with Gasteiger partial charge in [-0.1, -0.05) is 42.1 Å². The van der Waals surface area contributed by atoms with Gasteiger partial charge in [-0.05, 0) is 30.7 Å². The number of likely N-dealkylation sites (tertiary alicyclic amines) is 1. The van der Waals surface area contributed by atoms with E-state index in [0.717, 1.165) is 18.7 Å². The zero-order valence-corrected chi connectivity index (χ0v) is 15.9. The molecule has 1 aliphatic rings. The Morgan fingerprint density at radius 2 is 1.86 bits per heavy atom. The van der Waals surface area contributed by atoms with Crippen molar-refractivity contribution in [2.45, 2.75) is 24.6 Å². The van der Waals surface area contributed by atoms with E-state index in [0.29, 0.717) is 23.3 Å². The number of rotatable bonds is 7. The maximum Gasteiger partial charge on any atom is 0.223 e. The Morgan fingerprint density at radius 3 is 2.61 bits per heavy atom. The zero-order chi connectivity index (χ0) is 19.3. The number of carbonyl (C=O) groups is 1. The Labute approximate surface area is 166 Å². The third kappa shape index (κ3) is 4.01. The van der Waals surface area contributed by atoms with E-state index in [1.807, 2.05) is 39.8 Å². The van der Waals surface area contributed by atoms with Gasteiger partial charge in [-0.3, -0.25) is 9.36 Å². The van der Waals surface area contributed by atoms with Crippen molar-refractivity contribution in [2.75, 3.05) is 12.4 Å². The van der Waals surface area contributed by atoms with E-state index in [-0.39, 0.29) is 18.3 Å². The lowest BCUT2D eigenvalue weighted by Crippen LogP contribution is -2.24. The molecule has 0 N–H and O–H groups in total.